The minimum absolute atomic E-state index is 0.142. The fourth-order valence-corrected chi connectivity index (χ4v) is 4.19. The molecule has 20 heavy (non-hydrogen) atoms. The normalized spacial score (nSPS) is 43.5. The fraction of sp³-hybridized carbons (Fsp3) is 1.00. The van der Waals surface area contributed by atoms with Gasteiger partial charge in [-0.05, 0) is 44.4 Å². The van der Waals surface area contributed by atoms with E-state index in [4.69, 9.17) is 5.73 Å². The van der Waals surface area contributed by atoms with Crippen molar-refractivity contribution in [2.75, 3.05) is 6.54 Å². The summed E-state index contributed by atoms with van der Waals surface area (Å²) in [6, 6.07) is 0. The van der Waals surface area contributed by atoms with Crippen LogP contribution in [-0.2, 0) is 0 Å². The average molecular weight is 293 g/mol. The largest absolute Gasteiger partial charge is 0.391 e. The maximum atomic E-state index is 13.0. The van der Waals surface area contributed by atoms with Crippen LogP contribution in [0.25, 0.3) is 0 Å². The van der Waals surface area contributed by atoms with Crippen molar-refractivity contribution in [2.24, 2.45) is 23.0 Å². The van der Waals surface area contributed by atoms with Crippen molar-refractivity contribution in [3.05, 3.63) is 0 Å². The molecule has 2 nitrogen and oxygen atoms in total. The number of alkyl halides is 3. The van der Waals surface area contributed by atoms with Gasteiger partial charge in [0.1, 0.15) is 0 Å². The Kier molecular flexibility index (Phi) is 4.41. The van der Waals surface area contributed by atoms with Crippen LogP contribution in [0.2, 0.25) is 0 Å². The maximum Gasteiger partial charge on any atom is 0.391 e. The van der Waals surface area contributed by atoms with Gasteiger partial charge in [-0.25, -0.2) is 0 Å². The molecule has 5 heteroatoms. The zero-order valence-corrected chi connectivity index (χ0v) is 12.2. The summed E-state index contributed by atoms with van der Waals surface area (Å²) < 4.78 is 39.0. The molecular formula is C15H26F3NO. The molecule has 0 aromatic heterocycles. The highest BCUT2D eigenvalue weighted by atomic mass is 19.4. The Bertz CT molecular complexity index is 337. The first-order valence-electron chi connectivity index (χ1n) is 7.72. The van der Waals surface area contributed by atoms with Gasteiger partial charge in [0.05, 0.1) is 11.5 Å². The van der Waals surface area contributed by atoms with Crippen LogP contribution in [0.1, 0.15) is 58.3 Å². The van der Waals surface area contributed by atoms with E-state index in [0.717, 1.165) is 25.7 Å². The van der Waals surface area contributed by atoms with Gasteiger partial charge in [0.25, 0.3) is 0 Å². The van der Waals surface area contributed by atoms with Gasteiger partial charge < -0.3 is 10.8 Å². The summed E-state index contributed by atoms with van der Waals surface area (Å²) in [4.78, 5) is 0. The highest BCUT2D eigenvalue weighted by Gasteiger charge is 2.56. The molecule has 2 aliphatic rings. The minimum atomic E-state index is -4.20. The summed E-state index contributed by atoms with van der Waals surface area (Å²) in [5.74, 6) is -0.788. The van der Waals surface area contributed by atoms with Crippen molar-refractivity contribution in [3.63, 3.8) is 0 Å². The smallest absolute Gasteiger partial charge is 0.389 e. The third-order valence-corrected chi connectivity index (χ3v) is 5.80. The molecule has 2 unspecified atom stereocenters. The molecule has 2 fully saturated rings. The molecule has 2 rings (SSSR count). The first-order chi connectivity index (χ1) is 9.22. The Labute approximate surface area is 118 Å². The van der Waals surface area contributed by atoms with Crippen molar-refractivity contribution in [1.82, 2.24) is 0 Å². The van der Waals surface area contributed by atoms with Crippen molar-refractivity contribution in [3.8, 4) is 0 Å². The quantitative estimate of drug-likeness (QED) is 0.816. The van der Waals surface area contributed by atoms with Crippen LogP contribution in [0.3, 0.4) is 0 Å². The van der Waals surface area contributed by atoms with E-state index in [0.29, 0.717) is 25.3 Å². The van der Waals surface area contributed by atoms with E-state index in [1.54, 1.807) is 0 Å². The van der Waals surface area contributed by atoms with E-state index in [2.05, 4.69) is 6.92 Å². The van der Waals surface area contributed by atoms with Crippen LogP contribution >= 0.6 is 0 Å². The molecule has 0 amide bonds. The molecule has 2 aliphatic carbocycles. The molecule has 0 aromatic rings. The van der Waals surface area contributed by atoms with E-state index in [-0.39, 0.29) is 12.8 Å². The number of halogens is 3. The van der Waals surface area contributed by atoms with Crippen molar-refractivity contribution < 1.29 is 18.3 Å². The third-order valence-electron chi connectivity index (χ3n) is 5.80. The number of hydrogen-bond donors (Lipinski definition) is 2. The minimum Gasteiger partial charge on any atom is -0.389 e. The highest BCUT2D eigenvalue weighted by Crippen LogP contribution is 2.54. The predicted molar refractivity (Wildman–Crippen MR) is 72.1 cm³/mol. The zero-order chi connectivity index (χ0) is 15.0. The maximum absolute atomic E-state index is 13.0. The predicted octanol–water partition coefficient (Wildman–Crippen LogP) is 3.63. The van der Waals surface area contributed by atoms with E-state index < -0.39 is 23.1 Å². The summed E-state index contributed by atoms with van der Waals surface area (Å²) >= 11 is 0. The zero-order valence-electron chi connectivity index (χ0n) is 12.2. The van der Waals surface area contributed by atoms with E-state index in [1.807, 2.05) is 0 Å². The summed E-state index contributed by atoms with van der Waals surface area (Å²) in [7, 11) is 0. The lowest BCUT2D eigenvalue weighted by atomic mass is 9.56. The molecule has 0 aliphatic heterocycles. The second kappa shape index (κ2) is 5.48. The summed E-state index contributed by atoms with van der Waals surface area (Å²) in [6.07, 6.45) is 0.101. The van der Waals surface area contributed by atoms with Gasteiger partial charge in [0.15, 0.2) is 0 Å². The molecule has 3 N–H and O–H groups in total. The molecule has 0 spiro atoms. The number of rotatable bonds is 2. The molecule has 2 atom stereocenters. The molecule has 2 saturated carbocycles. The summed E-state index contributed by atoms with van der Waals surface area (Å²) in [5.41, 5.74) is 4.17. The lowest BCUT2D eigenvalue weighted by Gasteiger charge is -2.53. The van der Waals surface area contributed by atoms with E-state index >= 15 is 0 Å². The Morgan fingerprint density at radius 3 is 2.25 bits per heavy atom. The monoisotopic (exact) mass is 293 g/mol. The van der Waals surface area contributed by atoms with Crippen LogP contribution in [0.5, 0.6) is 0 Å². The molecule has 0 saturated heterocycles. The Morgan fingerprint density at radius 2 is 1.75 bits per heavy atom. The summed E-state index contributed by atoms with van der Waals surface area (Å²) in [6.45, 7) is 2.45. The van der Waals surface area contributed by atoms with Crippen molar-refractivity contribution >= 4 is 0 Å². The Balaban J connectivity index is 2.19. The first-order valence-corrected chi connectivity index (χ1v) is 7.72. The molecule has 0 radical (unpaired) electrons. The van der Waals surface area contributed by atoms with Crippen molar-refractivity contribution in [1.29, 1.82) is 0 Å². The van der Waals surface area contributed by atoms with Gasteiger partial charge in [-0.3, -0.25) is 0 Å². The SMILES string of the molecule is CC1CCC(CN)(C2(O)CCCC(C(F)(F)F)C2)CC1. The van der Waals surface area contributed by atoms with Gasteiger partial charge in [-0.15, -0.1) is 0 Å². The molecule has 0 heterocycles. The first kappa shape index (κ1) is 16.1. The molecule has 0 bridgehead atoms. The lowest BCUT2D eigenvalue weighted by molar-refractivity contribution is -0.220. The summed E-state index contributed by atoms with van der Waals surface area (Å²) in [5, 5.41) is 11.0. The highest BCUT2D eigenvalue weighted by molar-refractivity contribution is 5.04. The van der Waals surface area contributed by atoms with Crippen LogP contribution in [0.15, 0.2) is 0 Å². The number of hydrogen-bond acceptors (Lipinski definition) is 2. The van der Waals surface area contributed by atoms with Crippen LogP contribution < -0.4 is 5.73 Å². The van der Waals surface area contributed by atoms with Crippen molar-refractivity contribution in [2.45, 2.75) is 70.1 Å². The van der Waals surface area contributed by atoms with Crippen LogP contribution in [0.4, 0.5) is 13.2 Å². The van der Waals surface area contributed by atoms with Gasteiger partial charge in [-0.2, -0.15) is 13.2 Å². The topological polar surface area (TPSA) is 46.2 Å². The van der Waals surface area contributed by atoms with Gasteiger partial charge in [0.2, 0.25) is 0 Å². The Hall–Kier alpha value is -0.290. The van der Waals surface area contributed by atoms with Gasteiger partial charge >= 0.3 is 6.18 Å². The fourth-order valence-electron chi connectivity index (χ4n) is 4.19. The average Bonchev–Trinajstić information content (AvgIpc) is 2.39. The second-order valence-corrected chi connectivity index (χ2v) is 7.03. The molecule has 0 aromatic carbocycles. The Morgan fingerprint density at radius 1 is 1.15 bits per heavy atom. The third kappa shape index (κ3) is 2.84. The van der Waals surface area contributed by atoms with Gasteiger partial charge in [-0.1, -0.05) is 19.8 Å². The number of nitrogens with two attached hydrogens (primary N) is 1. The van der Waals surface area contributed by atoms with E-state index in [9.17, 15) is 18.3 Å². The molecule has 118 valence electrons. The lowest BCUT2D eigenvalue weighted by Crippen LogP contribution is -2.57. The standard InChI is InChI=1S/C15H26F3NO/c1-11-4-7-13(10-19,8-5-11)14(20)6-2-3-12(9-14)15(16,17)18/h11-12,20H,2-10,19H2,1H3. The van der Waals surface area contributed by atoms with E-state index in [1.165, 1.54) is 0 Å². The second-order valence-electron chi connectivity index (χ2n) is 7.03. The van der Waals surface area contributed by atoms with Crippen LogP contribution in [-0.4, -0.2) is 23.4 Å². The van der Waals surface area contributed by atoms with Gasteiger partial charge in [0, 0.05) is 12.0 Å². The van der Waals surface area contributed by atoms with Crippen LogP contribution in [0, 0.1) is 17.3 Å². The molecular weight excluding hydrogens is 267 g/mol. The number of aliphatic hydroxyl groups is 1.